The number of aromatic nitrogens is 2. The Morgan fingerprint density at radius 3 is 2.78 bits per heavy atom. The Kier molecular flexibility index (Phi) is 3.42. The number of carbonyl (C=O) groups excluding carboxylic acids is 1. The number of hydrogen-bond donors (Lipinski definition) is 1. The predicted molar refractivity (Wildman–Crippen MR) is 62.3 cm³/mol. The van der Waals surface area contributed by atoms with Gasteiger partial charge in [-0.3, -0.25) is 4.79 Å². The molecule has 0 fully saturated rings. The number of halogens is 1. The lowest BCUT2D eigenvalue weighted by Gasteiger charge is -1.94. The second-order valence-corrected chi connectivity index (χ2v) is 3.43. The fraction of sp³-hybridized carbons (Fsp3) is 0.0909. The molecule has 2 aromatic rings. The van der Waals surface area contributed by atoms with Crippen LogP contribution in [0.2, 0.25) is 0 Å². The van der Waals surface area contributed by atoms with Crippen LogP contribution in [0.25, 0.3) is 0 Å². The van der Waals surface area contributed by atoms with Crippen LogP contribution >= 0.6 is 0 Å². The molecule has 2 rings (SSSR count). The fourth-order valence-electron chi connectivity index (χ4n) is 1.20. The van der Waals surface area contributed by atoms with Gasteiger partial charge in [0, 0.05) is 13.1 Å². The predicted octanol–water partition coefficient (Wildman–Crippen LogP) is 1.92. The lowest BCUT2D eigenvalue weighted by molar-refractivity contribution is -0.114. The van der Waals surface area contributed by atoms with Crippen LogP contribution in [0.1, 0.15) is 12.5 Å². The van der Waals surface area contributed by atoms with E-state index in [1.54, 1.807) is 12.1 Å². The van der Waals surface area contributed by atoms with Crippen molar-refractivity contribution >= 4 is 23.8 Å². The van der Waals surface area contributed by atoms with Gasteiger partial charge in [0.25, 0.3) is 0 Å². The number of carbonyl (C=O) groups is 1. The van der Waals surface area contributed by atoms with Crippen LogP contribution in [0.3, 0.4) is 0 Å². The highest BCUT2D eigenvalue weighted by atomic mass is 19.1. The molecule has 6 nitrogen and oxygen atoms in total. The zero-order valence-electron chi connectivity index (χ0n) is 9.42. The monoisotopic (exact) mass is 248 g/mol. The summed E-state index contributed by atoms with van der Waals surface area (Å²) in [6, 6.07) is 5.75. The summed E-state index contributed by atoms with van der Waals surface area (Å²) in [6.45, 7) is 1.34. The van der Waals surface area contributed by atoms with E-state index in [0.29, 0.717) is 5.56 Å². The Balaban J connectivity index is 2.16. The molecule has 1 heterocycles. The normalized spacial score (nSPS) is 10.8. The second-order valence-electron chi connectivity index (χ2n) is 3.43. The zero-order valence-corrected chi connectivity index (χ0v) is 9.42. The summed E-state index contributed by atoms with van der Waals surface area (Å²) in [5.41, 5.74) is 0.688. The molecule has 0 aliphatic rings. The smallest absolute Gasteiger partial charge is 0.241 e. The fourth-order valence-corrected chi connectivity index (χ4v) is 1.20. The summed E-state index contributed by atoms with van der Waals surface area (Å²) in [5.74, 6) is -0.339. The third kappa shape index (κ3) is 2.97. The standard InChI is InChI=1S/C11H9FN4O2/c1-7(17)14-11-10(15-18-16-11)13-6-8-2-4-9(12)5-3-8/h2-6H,1H3,(H,14,16,17). The van der Waals surface area contributed by atoms with Crippen LogP contribution in [-0.2, 0) is 4.79 Å². The molecule has 7 heteroatoms. The number of rotatable bonds is 3. The molecule has 0 radical (unpaired) electrons. The minimum Gasteiger partial charge on any atom is -0.305 e. The van der Waals surface area contributed by atoms with Crippen molar-refractivity contribution in [3.05, 3.63) is 35.6 Å². The molecule has 92 valence electrons. The molecule has 0 aliphatic heterocycles. The Morgan fingerprint density at radius 1 is 1.39 bits per heavy atom. The molecular weight excluding hydrogens is 239 g/mol. The molecular formula is C11H9FN4O2. The van der Waals surface area contributed by atoms with Gasteiger partial charge in [-0.2, -0.15) is 0 Å². The summed E-state index contributed by atoms with van der Waals surface area (Å²) >= 11 is 0. The van der Waals surface area contributed by atoms with E-state index in [4.69, 9.17) is 0 Å². The average Bonchev–Trinajstić information content (AvgIpc) is 2.75. The van der Waals surface area contributed by atoms with E-state index in [1.807, 2.05) is 0 Å². The van der Waals surface area contributed by atoms with Crippen molar-refractivity contribution in [1.82, 2.24) is 10.3 Å². The van der Waals surface area contributed by atoms with Gasteiger partial charge >= 0.3 is 0 Å². The number of nitrogens with zero attached hydrogens (tertiary/aromatic N) is 3. The molecule has 0 aliphatic carbocycles. The van der Waals surface area contributed by atoms with Crippen molar-refractivity contribution < 1.29 is 13.8 Å². The first kappa shape index (κ1) is 11.9. The van der Waals surface area contributed by atoms with Gasteiger partial charge in [0.15, 0.2) is 0 Å². The maximum Gasteiger partial charge on any atom is 0.241 e. The number of amides is 1. The van der Waals surface area contributed by atoms with Crippen molar-refractivity contribution in [2.24, 2.45) is 4.99 Å². The van der Waals surface area contributed by atoms with Crippen molar-refractivity contribution in [2.45, 2.75) is 6.92 Å². The average molecular weight is 248 g/mol. The van der Waals surface area contributed by atoms with Gasteiger partial charge in [-0.15, -0.1) is 0 Å². The van der Waals surface area contributed by atoms with Gasteiger partial charge in [0.2, 0.25) is 17.5 Å². The lowest BCUT2D eigenvalue weighted by Crippen LogP contribution is -2.05. The van der Waals surface area contributed by atoms with E-state index in [1.165, 1.54) is 25.3 Å². The van der Waals surface area contributed by atoms with Crippen molar-refractivity contribution in [1.29, 1.82) is 0 Å². The Hall–Kier alpha value is -2.57. The van der Waals surface area contributed by atoms with E-state index in [2.05, 4.69) is 25.3 Å². The van der Waals surface area contributed by atoms with Crippen molar-refractivity contribution in [2.75, 3.05) is 5.32 Å². The number of anilines is 1. The number of nitrogens with one attached hydrogen (secondary N) is 1. The first-order chi connectivity index (χ1) is 8.65. The van der Waals surface area contributed by atoms with Crippen molar-refractivity contribution in [3.63, 3.8) is 0 Å². The van der Waals surface area contributed by atoms with Gasteiger partial charge in [-0.05, 0) is 28.0 Å². The maximum atomic E-state index is 12.7. The molecule has 0 bridgehead atoms. The number of aliphatic imine (C=N–C) groups is 1. The largest absolute Gasteiger partial charge is 0.305 e. The molecule has 1 N–H and O–H groups in total. The highest BCUT2D eigenvalue weighted by molar-refractivity contribution is 5.91. The summed E-state index contributed by atoms with van der Waals surface area (Å²) in [7, 11) is 0. The van der Waals surface area contributed by atoms with Crippen LogP contribution in [-0.4, -0.2) is 22.4 Å². The minimum atomic E-state index is -0.325. The van der Waals surface area contributed by atoms with Gasteiger partial charge in [0.05, 0.1) is 0 Å². The molecule has 1 aromatic heterocycles. The first-order valence-corrected chi connectivity index (χ1v) is 5.05. The van der Waals surface area contributed by atoms with Gasteiger partial charge in [0.1, 0.15) is 5.82 Å². The van der Waals surface area contributed by atoms with E-state index >= 15 is 0 Å². The lowest BCUT2D eigenvalue weighted by atomic mass is 10.2. The third-order valence-electron chi connectivity index (χ3n) is 1.97. The Morgan fingerprint density at radius 2 is 2.11 bits per heavy atom. The highest BCUT2D eigenvalue weighted by Gasteiger charge is 2.09. The summed E-state index contributed by atoms with van der Waals surface area (Å²) in [4.78, 5) is 14.9. The van der Waals surface area contributed by atoms with Crippen LogP contribution in [0.15, 0.2) is 33.9 Å². The molecule has 0 unspecified atom stereocenters. The number of hydrogen-bond acceptors (Lipinski definition) is 5. The Labute approximate surface area is 101 Å². The SMILES string of the molecule is CC(=O)Nc1nonc1N=Cc1ccc(F)cc1. The molecule has 0 saturated heterocycles. The molecule has 0 saturated carbocycles. The molecule has 1 aromatic carbocycles. The van der Waals surface area contributed by atoms with Crippen molar-refractivity contribution in [3.8, 4) is 0 Å². The summed E-state index contributed by atoms with van der Waals surface area (Å²) < 4.78 is 17.1. The molecule has 0 atom stereocenters. The highest BCUT2D eigenvalue weighted by Crippen LogP contribution is 2.18. The van der Waals surface area contributed by atoms with Crippen LogP contribution in [0, 0.1) is 5.82 Å². The van der Waals surface area contributed by atoms with E-state index in [9.17, 15) is 9.18 Å². The van der Waals surface area contributed by atoms with Gasteiger partial charge in [-0.1, -0.05) is 12.1 Å². The van der Waals surface area contributed by atoms with Gasteiger partial charge in [-0.25, -0.2) is 14.0 Å². The van der Waals surface area contributed by atoms with E-state index in [-0.39, 0.29) is 23.4 Å². The molecule has 1 amide bonds. The van der Waals surface area contributed by atoms with E-state index in [0.717, 1.165) is 0 Å². The topological polar surface area (TPSA) is 80.4 Å². The molecule has 18 heavy (non-hydrogen) atoms. The summed E-state index contributed by atoms with van der Waals surface area (Å²) in [5, 5.41) is 9.44. The maximum absolute atomic E-state index is 12.7. The molecule has 0 spiro atoms. The minimum absolute atomic E-state index is 0.140. The third-order valence-corrected chi connectivity index (χ3v) is 1.97. The zero-order chi connectivity index (χ0) is 13.0. The van der Waals surface area contributed by atoms with Crippen LogP contribution < -0.4 is 5.32 Å². The number of benzene rings is 1. The Bertz CT molecular complexity index is 577. The van der Waals surface area contributed by atoms with Crippen LogP contribution in [0.5, 0.6) is 0 Å². The first-order valence-electron chi connectivity index (χ1n) is 5.05. The van der Waals surface area contributed by atoms with E-state index < -0.39 is 0 Å². The van der Waals surface area contributed by atoms with Gasteiger partial charge < -0.3 is 5.32 Å². The second kappa shape index (κ2) is 5.17. The quantitative estimate of drug-likeness (QED) is 0.841. The van der Waals surface area contributed by atoms with Crippen LogP contribution in [0.4, 0.5) is 16.0 Å². The summed E-state index contributed by atoms with van der Waals surface area (Å²) in [6.07, 6.45) is 1.46.